The largest absolute Gasteiger partial charge is 0.497 e. The molecular weight excluding hydrogens is 708 g/mol. The van der Waals surface area contributed by atoms with E-state index in [2.05, 4.69) is 56.2 Å². The molecule has 0 unspecified atom stereocenters. The molecule has 2 N–H and O–H groups in total. The summed E-state index contributed by atoms with van der Waals surface area (Å²) in [4.78, 5) is 18.3. The fourth-order valence-electron chi connectivity index (χ4n) is 6.31. The van der Waals surface area contributed by atoms with Gasteiger partial charge in [-0.05, 0) is 95.1 Å². The summed E-state index contributed by atoms with van der Waals surface area (Å²) in [6.45, 7) is 5.10. The van der Waals surface area contributed by atoms with Crippen molar-refractivity contribution in [1.29, 1.82) is 0 Å². The van der Waals surface area contributed by atoms with Crippen LogP contribution in [-0.2, 0) is 21.3 Å². The van der Waals surface area contributed by atoms with E-state index in [4.69, 9.17) is 21.1 Å². The SMILES string of the molecule is O=C(NS(=O)(=O)c1ccc(NCC2=CCOC=C2)cc1)c1ccc(N2CCN(Cc3ccccc3-c3ccc(Cl)cc3)CC2)cc1Oc1ccccc1. The van der Waals surface area contributed by atoms with E-state index in [0.29, 0.717) is 23.9 Å². The minimum Gasteiger partial charge on any atom is -0.497 e. The van der Waals surface area contributed by atoms with E-state index in [0.717, 1.165) is 55.2 Å². The van der Waals surface area contributed by atoms with Gasteiger partial charge in [0.15, 0.2) is 0 Å². The molecule has 1 saturated heterocycles. The smallest absolute Gasteiger partial charge is 0.268 e. The van der Waals surface area contributed by atoms with E-state index in [1.165, 1.54) is 23.3 Å². The number of sulfonamides is 1. The zero-order valence-corrected chi connectivity index (χ0v) is 30.5. The van der Waals surface area contributed by atoms with Gasteiger partial charge in [-0.1, -0.05) is 66.2 Å². The van der Waals surface area contributed by atoms with Gasteiger partial charge in [-0.2, -0.15) is 0 Å². The average Bonchev–Trinajstić information content (AvgIpc) is 3.19. The van der Waals surface area contributed by atoms with Crippen molar-refractivity contribution in [3.8, 4) is 22.6 Å². The zero-order valence-electron chi connectivity index (χ0n) is 29.0. The third-order valence-corrected chi connectivity index (χ3v) is 10.8. The number of hydrogen-bond acceptors (Lipinski definition) is 8. The van der Waals surface area contributed by atoms with Crippen LogP contribution in [0.2, 0.25) is 5.02 Å². The first-order valence-electron chi connectivity index (χ1n) is 17.4. The lowest BCUT2D eigenvalue weighted by molar-refractivity contribution is 0.0979. The maximum Gasteiger partial charge on any atom is 0.268 e. The van der Waals surface area contributed by atoms with Crippen LogP contribution in [0.1, 0.15) is 15.9 Å². The van der Waals surface area contributed by atoms with Crippen LogP contribution in [0.5, 0.6) is 11.5 Å². The van der Waals surface area contributed by atoms with Gasteiger partial charge >= 0.3 is 0 Å². The molecule has 9 nitrogen and oxygen atoms in total. The van der Waals surface area contributed by atoms with Gasteiger partial charge in [-0.25, -0.2) is 13.1 Å². The molecule has 0 spiro atoms. The predicted molar refractivity (Wildman–Crippen MR) is 210 cm³/mol. The first-order chi connectivity index (χ1) is 25.8. The lowest BCUT2D eigenvalue weighted by Crippen LogP contribution is -2.46. The molecular formula is C42H39ClN4O5S. The molecule has 53 heavy (non-hydrogen) atoms. The number of hydrogen-bond donors (Lipinski definition) is 2. The molecule has 2 aliphatic rings. The number of amides is 1. The van der Waals surface area contributed by atoms with E-state index in [9.17, 15) is 13.2 Å². The molecule has 0 aliphatic carbocycles. The normalized spacial score (nSPS) is 14.6. The first-order valence-corrected chi connectivity index (χ1v) is 19.2. The second-order valence-corrected chi connectivity index (χ2v) is 14.9. The number of halogens is 1. The van der Waals surface area contributed by atoms with E-state index in [1.54, 1.807) is 36.6 Å². The Morgan fingerprint density at radius 3 is 2.30 bits per heavy atom. The summed E-state index contributed by atoms with van der Waals surface area (Å²) >= 11 is 6.14. The van der Waals surface area contributed by atoms with E-state index < -0.39 is 15.9 Å². The molecule has 270 valence electrons. The topological polar surface area (TPSA) is 100 Å². The highest BCUT2D eigenvalue weighted by Crippen LogP contribution is 2.32. The van der Waals surface area contributed by atoms with Crippen LogP contribution in [0, 0.1) is 0 Å². The maximum absolute atomic E-state index is 13.6. The van der Waals surface area contributed by atoms with Crippen molar-refractivity contribution in [3.05, 3.63) is 161 Å². The van der Waals surface area contributed by atoms with Gasteiger partial charge in [0, 0.05) is 61.7 Å². The van der Waals surface area contributed by atoms with Crippen LogP contribution in [0.25, 0.3) is 11.1 Å². The number of nitrogens with zero attached hydrogens (tertiary/aromatic N) is 2. The van der Waals surface area contributed by atoms with Crippen molar-refractivity contribution < 1.29 is 22.7 Å². The highest BCUT2D eigenvalue weighted by molar-refractivity contribution is 7.90. The van der Waals surface area contributed by atoms with Crippen LogP contribution >= 0.6 is 11.6 Å². The minimum atomic E-state index is -4.18. The van der Waals surface area contributed by atoms with Gasteiger partial charge in [-0.3, -0.25) is 9.69 Å². The van der Waals surface area contributed by atoms with E-state index >= 15 is 0 Å². The first kappa shape index (κ1) is 35.8. The maximum atomic E-state index is 13.6. The summed E-state index contributed by atoms with van der Waals surface area (Å²) in [6.07, 6.45) is 5.49. The van der Waals surface area contributed by atoms with Crippen molar-refractivity contribution in [2.24, 2.45) is 0 Å². The molecule has 1 amide bonds. The molecule has 1 fully saturated rings. The second kappa shape index (κ2) is 16.4. The number of ether oxygens (including phenoxy) is 2. The van der Waals surface area contributed by atoms with Crippen LogP contribution < -0.4 is 19.7 Å². The Morgan fingerprint density at radius 2 is 1.57 bits per heavy atom. The zero-order chi connectivity index (χ0) is 36.6. The van der Waals surface area contributed by atoms with Crippen molar-refractivity contribution in [1.82, 2.24) is 9.62 Å². The number of anilines is 2. The van der Waals surface area contributed by atoms with Gasteiger partial charge in [0.2, 0.25) is 0 Å². The molecule has 2 heterocycles. The third kappa shape index (κ3) is 9.10. The number of piperazine rings is 1. The number of benzene rings is 5. The fourth-order valence-corrected chi connectivity index (χ4v) is 7.40. The van der Waals surface area contributed by atoms with Crippen LogP contribution in [-0.4, -0.2) is 58.6 Å². The van der Waals surface area contributed by atoms with Crippen molar-refractivity contribution >= 4 is 38.9 Å². The standard InChI is InChI=1S/C42H39ClN4O5S/c43-34-12-10-32(11-13-34)39-9-5-4-6-33(39)30-46-22-24-47(25-23-46)36-16-19-40(41(28-36)52-37-7-2-1-3-8-37)42(48)45-53(49,50)38-17-14-35(15-18-38)44-29-31-20-26-51-27-21-31/h1-21,26,28,44H,22-25,27,29-30H2,(H,45,48). The second-order valence-electron chi connectivity index (χ2n) is 12.8. The summed E-state index contributed by atoms with van der Waals surface area (Å²) in [5.41, 5.74) is 6.37. The van der Waals surface area contributed by atoms with Gasteiger partial charge in [-0.15, -0.1) is 0 Å². The summed E-state index contributed by atoms with van der Waals surface area (Å²) in [5, 5.41) is 3.98. The highest BCUT2D eigenvalue weighted by atomic mass is 35.5. The number of carbonyl (C=O) groups excluding carboxylic acids is 1. The van der Waals surface area contributed by atoms with Gasteiger partial charge in [0.05, 0.1) is 16.7 Å². The molecule has 0 radical (unpaired) electrons. The van der Waals surface area contributed by atoms with Crippen LogP contribution in [0.4, 0.5) is 11.4 Å². The fraction of sp³-hybridized carbons (Fsp3) is 0.167. The molecule has 5 aromatic rings. The molecule has 0 saturated carbocycles. The Hall–Kier alpha value is -5.55. The van der Waals surface area contributed by atoms with Crippen LogP contribution in [0.15, 0.2) is 150 Å². The van der Waals surface area contributed by atoms with Gasteiger partial charge in [0.25, 0.3) is 15.9 Å². The number of carbonyl (C=O) groups is 1. The summed E-state index contributed by atoms with van der Waals surface area (Å²) in [7, 11) is -4.18. The molecule has 0 atom stereocenters. The van der Waals surface area contributed by atoms with Crippen molar-refractivity contribution in [3.63, 3.8) is 0 Å². The molecule has 0 aromatic heterocycles. The molecule has 5 aromatic carbocycles. The molecule has 2 aliphatic heterocycles. The predicted octanol–water partition coefficient (Wildman–Crippen LogP) is 8.12. The number of para-hydroxylation sites is 1. The Labute approximate surface area is 315 Å². The van der Waals surface area contributed by atoms with Crippen molar-refractivity contribution in [2.75, 3.05) is 49.5 Å². The molecule has 0 bridgehead atoms. The summed E-state index contributed by atoms with van der Waals surface area (Å²) in [6, 6.07) is 37.0. The minimum absolute atomic E-state index is 0.0302. The molecule has 11 heteroatoms. The summed E-state index contributed by atoms with van der Waals surface area (Å²) < 4.78 is 40.3. The van der Waals surface area contributed by atoms with E-state index in [1.807, 2.05) is 54.6 Å². The monoisotopic (exact) mass is 746 g/mol. The summed E-state index contributed by atoms with van der Waals surface area (Å²) in [5.74, 6) is 0.00431. The Bertz CT molecular complexity index is 2220. The highest BCUT2D eigenvalue weighted by Gasteiger charge is 2.24. The number of rotatable bonds is 12. The third-order valence-electron chi connectivity index (χ3n) is 9.19. The molecule has 7 rings (SSSR count). The van der Waals surface area contributed by atoms with Crippen molar-refractivity contribution in [2.45, 2.75) is 11.4 Å². The lowest BCUT2D eigenvalue weighted by Gasteiger charge is -2.36. The lowest BCUT2D eigenvalue weighted by atomic mass is 9.99. The Kier molecular flexibility index (Phi) is 11.1. The quantitative estimate of drug-likeness (QED) is 0.132. The number of nitrogens with one attached hydrogen (secondary N) is 2. The van der Waals surface area contributed by atoms with Gasteiger partial charge in [0.1, 0.15) is 18.1 Å². The average molecular weight is 747 g/mol. The Balaban J connectivity index is 1.03. The van der Waals surface area contributed by atoms with E-state index in [-0.39, 0.29) is 16.2 Å². The van der Waals surface area contributed by atoms with Crippen LogP contribution in [0.3, 0.4) is 0 Å². The van der Waals surface area contributed by atoms with Gasteiger partial charge < -0.3 is 19.7 Å². The Morgan fingerprint density at radius 1 is 0.830 bits per heavy atom.